The van der Waals surface area contributed by atoms with E-state index >= 15 is 0 Å². The number of benzene rings is 1. The van der Waals surface area contributed by atoms with Gasteiger partial charge in [0.15, 0.2) is 11.6 Å². The summed E-state index contributed by atoms with van der Waals surface area (Å²) in [5.41, 5.74) is 0.179. The van der Waals surface area contributed by atoms with Crippen molar-refractivity contribution < 1.29 is 18.7 Å². The van der Waals surface area contributed by atoms with Crippen molar-refractivity contribution in [1.29, 1.82) is 0 Å². The molecule has 0 radical (unpaired) electrons. The lowest BCUT2D eigenvalue weighted by Crippen LogP contribution is -2.28. The Bertz CT molecular complexity index is 888. The molecule has 2 amide bonds. The zero-order valence-corrected chi connectivity index (χ0v) is 18.2. The Morgan fingerprint density at radius 2 is 2.00 bits per heavy atom. The molecule has 1 aromatic carbocycles. The highest BCUT2D eigenvalue weighted by Gasteiger charge is 2.16. The molecule has 1 aliphatic rings. The Morgan fingerprint density at radius 1 is 1.20 bits per heavy atom. The van der Waals surface area contributed by atoms with Crippen molar-refractivity contribution in [3.8, 4) is 5.75 Å². The van der Waals surface area contributed by atoms with E-state index in [1.54, 1.807) is 18.3 Å². The number of hydrogen-bond donors (Lipinski definition) is 2. The first-order valence-corrected chi connectivity index (χ1v) is 10.9. The largest absolute Gasteiger partial charge is 0.489 e. The molecule has 1 aromatic heterocycles. The molecule has 8 heteroatoms. The van der Waals surface area contributed by atoms with E-state index in [2.05, 4.69) is 31.5 Å². The summed E-state index contributed by atoms with van der Waals surface area (Å²) in [5, 5.41) is 5.36. The first-order valence-electron chi connectivity index (χ1n) is 10.1. The standard InChI is InChI=1S/C22H25BrFN3O3/c23-18-9-8-16(24)13-17(18)22(29)26-12-10-20(28)27-21-19(7-4-11-25-21)30-14-15-5-2-1-3-6-15/h4,7-9,11,13,15H,1-3,5-6,10,12,14H2,(H,26,29)(H,25,27,28). The minimum Gasteiger partial charge on any atom is -0.489 e. The average molecular weight is 478 g/mol. The normalized spacial score (nSPS) is 14.2. The van der Waals surface area contributed by atoms with Crippen LogP contribution >= 0.6 is 15.9 Å². The summed E-state index contributed by atoms with van der Waals surface area (Å²) in [5.74, 6) is 0.205. The lowest BCUT2D eigenvalue weighted by atomic mass is 9.90. The number of amides is 2. The van der Waals surface area contributed by atoms with Gasteiger partial charge in [0.1, 0.15) is 5.82 Å². The Labute approximate surface area is 183 Å². The van der Waals surface area contributed by atoms with Gasteiger partial charge in [-0.1, -0.05) is 19.3 Å². The lowest BCUT2D eigenvalue weighted by molar-refractivity contribution is -0.116. The highest BCUT2D eigenvalue weighted by atomic mass is 79.9. The molecule has 2 N–H and O–H groups in total. The van der Waals surface area contributed by atoms with Crippen LogP contribution in [0, 0.1) is 11.7 Å². The van der Waals surface area contributed by atoms with Gasteiger partial charge in [-0.25, -0.2) is 9.37 Å². The second-order valence-electron chi connectivity index (χ2n) is 7.34. The molecule has 0 unspecified atom stereocenters. The topological polar surface area (TPSA) is 80.3 Å². The second-order valence-corrected chi connectivity index (χ2v) is 8.20. The predicted molar refractivity (Wildman–Crippen MR) is 116 cm³/mol. The van der Waals surface area contributed by atoms with Crippen LogP contribution in [0.4, 0.5) is 10.2 Å². The summed E-state index contributed by atoms with van der Waals surface area (Å²) in [4.78, 5) is 28.7. The number of hydrogen-bond acceptors (Lipinski definition) is 4. The zero-order chi connectivity index (χ0) is 21.3. The SMILES string of the molecule is O=C(CCNC(=O)c1cc(F)ccc1Br)Nc1ncccc1OCC1CCCCC1. The number of nitrogens with one attached hydrogen (secondary N) is 2. The molecule has 0 atom stereocenters. The number of halogens is 2. The summed E-state index contributed by atoms with van der Waals surface area (Å²) in [6.45, 7) is 0.728. The van der Waals surface area contributed by atoms with Crippen molar-refractivity contribution in [3.63, 3.8) is 0 Å². The monoisotopic (exact) mass is 477 g/mol. The van der Waals surface area contributed by atoms with E-state index in [0.717, 1.165) is 6.07 Å². The van der Waals surface area contributed by atoms with Crippen LogP contribution in [-0.2, 0) is 4.79 Å². The summed E-state index contributed by atoms with van der Waals surface area (Å²) < 4.78 is 19.7. The number of carbonyl (C=O) groups is 2. The second kappa shape index (κ2) is 11.1. The van der Waals surface area contributed by atoms with Crippen molar-refractivity contribution in [1.82, 2.24) is 10.3 Å². The third-order valence-electron chi connectivity index (χ3n) is 5.04. The quantitative estimate of drug-likeness (QED) is 0.577. The molecule has 1 saturated carbocycles. The van der Waals surface area contributed by atoms with Gasteiger partial charge in [-0.05, 0) is 65.0 Å². The van der Waals surface area contributed by atoms with E-state index in [1.165, 1.54) is 44.2 Å². The van der Waals surface area contributed by atoms with Gasteiger partial charge in [0.2, 0.25) is 5.91 Å². The van der Waals surface area contributed by atoms with Gasteiger partial charge >= 0.3 is 0 Å². The fourth-order valence-electron chi connectivity index (χ4n) is 3.41. The fraction of sp³-hybridized carbons (Fsp3) is 0.409. The Balaban J connectivity index is 1.47. The van der Waals surface area contributed by atoms with Crippen LogP contribution in [0.2, 0.25) is 0 Å². The third kappa shape index (κ3) is 6.52. The molecule has 0 aliphatic heterocycles. The highest BCUT2D eigenvalue weighted by Crippen LogP contribution is 2.27. The molecule has 160 valence electrons. The maximum Gasteiger partial charge on any atom is 0.252 e. The average Bonchev–Trinajstić information content (AvgIpc) is 2.75. The minimum atomic E-state index is -0.503. The minimum absolute atomic E-state index is 0.0529. The van der Waals surface area contributed by atoms with E-state index in [1.807, 2.05) is 0 Å². The molecule has 1 aliphatic carbocycles. The first-order chi connectivity index (χ1) is 14.5. The lowest BCUT2D eigenvalue weighted by Gasteiger charge is -2.22. The molecule has 30 heavy (non-hydrogen) atoms. The van der Waals surface area contributed by atoms with E-state index in [0.29, 0.717) is 28.6 Å². The Hall–Kier alpha value is -2.48. The summed E-state index contributed by atoms with van der Waals surface area (Å²) in [6.07, 6.45) is 7.75. The van der Waals surface area contributed by atoms with E-state index < -0.39 is 11.7 Å². The Morgan fingerprint density at radius 3 is 2.80 bits per heavy atom. The van der Waals surface area contributed by atoms with Crippen LogP contribution in [0.1, 0.15) is 48.9 Å². The summed E-state index contributed by atoms with van der Waals surface area (Å²) >= 11 is 3.22. The number of anilines is 1. The molecular weight excluding hydrogens is 453 g/mol. The van der Waals surface area contributed by atoms with Gasteiger partial charge in [0.05, 0.1) is 12.2 Å². The van der Waals surface area contributed by atoms with Crippen LogP contribution in [-0.4, -0.2) is 29.9 Å². The highest BCUT2D eigenvalue weighted by molar-refractivity contribution is 9.10. The van der Waals surface area contributed by atoms with Crippen LogP contribution in [0.25, 0.3) is 0 Å². The van der Waals surface area contributed by atoms with Gasteiger partial charge in [-0.3, -0.25) is 9.59 Å². The van der Waals surface area contributed by atoms with E-state index in [4.69, 9.17) is 4.74 Å². The maximum atomic E-state index is 13.3. The van der Waals surface area contributed by atoms with Crippen LogP contribution in [0.3, 0.4) is 0 Å². The molecule has 0 spiro atoms. The van der Waals surface area contributed by atoms with Gasteiger partial charge in [0, 0.05) is 23.6 Å². The van der Waals surface area contributed by atoms with E-state index in [9.17, 15) is 14.0 Å². The van der Waals surface area contributed by atoms with Crippen molar-refractivity contribution in [2.75, 3.05) is 18.5 Å². The maximum absolute atomic E-state index is 13.3. The molecule has 6 nitrogen and oxygen atoms in total. The number of rotatable bonds is 8. The summed E-state index contributed by atoms with van der Waals surface area (Å²) in [6, 6.07) is 7.42. The first kappa shape index (κ1) is 22.2. The van der Waals surface area contributed by atoms with Crippen molar-refractivity contribution in [2.24, 2.45) is 5.92 Å². The number of ether oxygens (including phenoxy) is 1. The van der Waals surface area contributed by atoms with Gasteiger partial charge in [-0.2, -0.15) is 0 Å². The number of nitrogens with zero attached hydrogens (tertiary/aromatic N) is 1. The molecule has 1 fully saturated rings. The van der Waals surface area contributed by atoms with E-state index in [-0.39, 0.29) is 24.4 Å². The fourth-order valence-corrected chi connectivity index (χ4v) is 3.84. The molecule has 0 saturated heterocycles. The molecule has 2 aromatic rings. The van der Waals surface area contributed by atoms with Crippen LogP contribution < -0.4 is 15.4 Å². The van der Waals surface area contributed by atoms with Crippen molar-refractivity contribution in [3.05, 3.63) is 52.4 Å². The summed E-state index contributed by atoms with van der Waals surface area (Å²) in [7, 11) is 0. The van der Waals surface area contributed by atoms with Gasteiger partial charge in [-0.15, -0.1) is 0 Å². The van der Waals surface area contributed by atoms with Crippen molar-refractivity contribution in [2.45, 2.75) is 38.5 Å². The van der Waals surface area contributed by atoms with Crippen LogP contribution in [0.15, 0.2) is 41.0 Å². The number of pyridine rings is 1. The number of aromatic nitrogens is 1. The molecule has 0 bridgehead atoms. The Kier molecular flexibility index (Phi) is 8.19. The predicted octanol–water partition coefficient (Wildman–Crippen LogP) is 4.70. The smallest absolute Gasteiger partial charge is 0.252 e. The van der Waals surface area contributed by atoms with Crippen LogP contribution in [0.5, 0.6) is 5.75 Å². The molecule has 1 heterocycles. The zero-order valence-electron chi connectivity index (χ0n) is 16.6. The van der Waals surface area contributed by atoms with Gasteiger partial charge in [0.25, 0.3) is 5.91 Å². The van der Waals surface area contributed by atoms with Crippen molar-refractivity contribution >= 4 is 33.6 Å². The third-order valence-corrected chi connectivity index (χ3v) is 5.73. The molecular formula is C22H25BrFN3O3. The molecule has 3 rings (SSSR count). The van der Waals surface area contributed by atoms with Gasteiger partial charge < -0.3 is 15.4 Å². The number of carbonyl (C=O) groups excluding carboxylic acids is 2.